The predicted octanol–water partition coefficient (Wildman–Crippen LogP) is 3.77. The second-order valence-corrected chi connectivity index (χ2v) is 4.73. The first kappa shape index (κ1) is 9.76. The quantitative estimate of drug-likeness (QED) is 0.661. The fourth-order valence-corrected chi connectivity index (χ4v) is 2.21. The van der Waals surface area contributed by atoms with E-state index in [1.165, 1.54) is 36.8 Å². The highest BCUT2D eigenvalue weighted by Crippen LogP contribution is 2.24. The third-order valence-corrected chi connectivity index (χ3v) is 2.87. The minimum absolute atomic E-state index is 0.761. The standard InChI is InChI=1S/C14H19/c1-11(2)9-12-7-8-13-5-3-4-6-14(13)10-12/h6-8,10-11H,3-5,9H2,1-2H3. The molecule has 0 atom stereocenters. The minimum atomic E-state index is 0.761. The summed E-state index contributed by atoms with van der Waals surface area (Å²) in [6, 6.07) is 7.01. The van der Waals surface area contributed by atoms with Crippen molar-refractivity contribution in [1.29, 1.82) is 0 Å². The zero-order valence-electron chi connectivity index (χ0n) is 9.22. The van der Waals surface area contributed by atoms with Crippen LogP contribution in [0.15, 0.2) is 18.2 Å². The minimum Gasteiger partial charge on any atom is -0.0625 e. The van der Waals surface area contributed by atoms with Crippen molar-refractivity contribution in [2.24, 2.45) is 5.92 Å². The fraction of sp³-hybridized carbons (Fsp3) is 0.500. The number of hydrogen-bond donors (Lipinski definition) is 0. The Kier molecular flexibility index (Phi) is 2.90. The van der Waals surface area contributed by atoms with Crippen LogP contribution in [0.2, 0.25) is 0 Å². The first-order chi connectivity index (χ1) is 6.75. The molecular weight excluding hydrogens is 168 g/mol. The highest BCUT2D eigenvalue weighted by atomic mass is 14.1. The summed E-state index contributed by atoms with van der Waals surface area (Å²) in [5.74, 6) is 0.761. The van der Waals surface area contributed by atoms with Gasteiger partial charge in [-0.3, -0.25) is 0 Å². The zero-order valence-corrected chi connectivity index (χ0v) is 9.22. The van der Waals surface area contributed by atoms with E-state index >= 15 is 0 Å². The van der Waals surface area contributed by atoms with Crippen molar-refractivity contribution in [2.75, 3.05) is 0 Å². The first-order valence-electron chi connectivity index (χ1n) is 5.71. The van der Waals surface area contributed by atoms with Crippen molar-refractivity contribution in [2.45, 2.75) is 39.5 Å². The van der Waals surface area contributed by atoms with E-state index in [0.29, 0.717) is 0 Å². The lowest BCUT2D eigenvalue weighted by Gasteiger charge is -2.16. The molecule has 2 rings (SSSR count). The predicted molar refractivity (Wildman–Crippen MR) is 61.3 cm³/mol. The van der Waals surface area contributed by atoms with Gasteiger partial charge in [0.2, 0.25) is 0 Å². The molecule has 0 saturated heterocycles. The van der Waals surface area contributed by atoms with E-state index in [2.05, 4.69) is 38.5 Å². The summed E-state index contributed by atoms with van der Waals surface area (Å²) < 4.78 is 0. The smallest absolute Gasteiger partial charge is 0.00900 e. The van der Waals surface area contributed by atoms with Gasteiger partial charge >= 0.3 is 0 Å². The number of hydrogen-bond acceptors (Lipinski definition) is 0. The van der Waals surface area contributed by atoms with Gasteiger partial charge in [0.25, 0.3) is 0 Å². The van der Waals surface area contributed by atoms with Crippen molar-refractivity contribution < 1.29 is 0 Å². The SMILES string of the molecule is CC(C)Cc1ccc2c(c1)[CH]CCC2. The molecule has 0 heterocycles. The third kappa shape index (κ3) is 2.17. The van der Waals surface area contributed by atoms with E-state index in [1.54, 1.807) is 5.56 Å². The molecule has 0 nitrogen and oxygen atoms in total. The summed E-state index contributed by atoms with van der Waals surface area (Å²) in [7, 11) is 0. The van der Waals surface area contributed by atoms with Gasteiger partial charge < -0.3 is 0 Å². The molecule has 75 valence electrons. The summed E-state index contributed by atoms with van der Waals surface area (Å²) in [6.45, 7) is 4.56. The van der Waals surface area contributed by atoms with Gasteiger partial charge in [-0.05, 0) is 54.7 Å². The van der Waals surface area contributed by atoms with Crippen molar-refractivity contribution in [1.82, 2.24) is 0 Å². The summed E-state index contributed by atoms with van der Waals surface area (Å²) in [4.78, 5) is 0. The van der Waals surface area contributed by atoms with Crippen molar-refractivity contribution in [3.05, 3.63) is 41.3 Å². The van der Waals surface area contributed by atoms with E-state index in [4.69, 9.17) is 0 Å². The molecule has 14 heavy (non-hydrogen) atoms. The van der Waals surface area contributed by atoms with Crippen molar-refractivity contribution >= 4 is 0 Å². The van der Waals surface area contributed by atoms with Gasteiger partial charge in [0, 0.05) is 0 Å². The Morgan fingerprint density at radius 1 is 1.29 bits per heavy atom. The summed E-state index contributed by atoms with van der Waals surface area (Å²) in [6.07, 6.45) is 7.46. The molecule has 0 heteroatoms. The Morgan fingerprint density at radius 2 is 2.14 bits per heavy atom. The Bertz CT molecular complexity index is 310. The van der Waals surface area contributed by atoms with Gasteiger partial charge in [-0.1, -0.05) is 32.0 Å². The van der Waals surface area contributed by atoms with Crippen LogP contribution in [-0.2, 0) is 12.8 Å². The number of fused-ring (bicyclic) bond motifs is 1. The van der Waals surface area contributed by atoms with Crippen LogP contribution >= 0.6 is 0 Å². The Morgan fingerprint density at radius 3 is 2.93 bits per heavy atom. The van der Waals surface area contributed by atoms with Gasteiger partial charge in [0.05, 0.1) is 0 Å². The lowest BCUT2D eigenvalue weighted by molar-refractivity contribution is 0.646. The van der Waals surface area contributed by atoms with Gasteiger partial charge in [-0.25, -0.2) is 0 Å². The molecule has 0 spiro atoms. The molecular formula is C14H19. The number of rotatable bonds is 2. The molecule has 0 aliphatic heterocycles. The third-order valence-electron chi connectivity index (χ3n) is 2.87. The summed E-state index contributed by atoms with van der Waals surface area (Å²) in [5.41, 5.74) is 4.54. The van der Waals surface area contributed by atoms with Crippen LogP contribution in [0, 0.1) is 12.3 Å². The van der Waals surface area contributed by atoms with E-state index in [0.717, 1.165) is 5.92 Å². The first-order valence-corrected chi connectivity index (χ1v) is 5.71. The Labute approximate surface area is 87.3 Å². The van der Waals surface area contributed by atoms with E-state index < -0.39 is 0 Å². The number of aryl methyl sites for hydroxylation is 1. The maximum Gasteiger partial charge on any atom is -0.00900 e. The maximum atomic E-state index is 2.39. The topological polar surface area (TPSA) is 0 Å². The fourth-order valence-electron chi connectivity index (χ4n) is 2.21. The van der Waals surface area contributed by atoms with E-state index in [1.807, 2.05) is 0 Å². The highest BCUT2D eigenvalue weighted by Gasteiger charge is 2.09. The van der Waals surface area contributed by atoms with Gasteiger partial charge in [-0.2, -0.15) is 0 Å². The lowest BCUT2D eigenvalue weighted by atomic mass is 9.89. The van der Waals surface area contributed by atoms with Crippen LogP contribution in [-0.4, -0.2) is 0 Å². The van der Waals surface area contributed by atoms with Crippen LogP contribution < -0.4 is 0 Å². The molecule has 0 fully saturated rings. The van der Waals surface area contributed by atoms with Crippen LogP contribution in [0.3, 0.4) is 0 Å². The van der Waals surface area contributed by atoms with Crippen LogP contribution in [0.25, 0.3) is 0 Å². The summed E-state index contributed by atoms with van der Waals surface area (Å²) >= 11 is 0. The largest absolute Gasteiger partial charge is 0.0625 e. The molecule has 0 bridgehead atoms. The average molecular weight is 187 g/mol. The molecule has 0 saturated carbocycles. The van der Waals surface area contributed by atoms with Crippen molar-refractivity contribution in [3.8, 4) is 0 Å². The monoisotopic (exact) mass is 187 g/mol. The molecule has 0 amide bonds. The van der Waals surface area contributed by atoms with Gasteiger partial charge in [0.15, 0.2) is 0 Å². The van der Waals surface area contributed by atoms with E-state index in [9.17, 15) is 0 Å². The lowest BCUT2D eigenvalue weighted by Crippen LogP contribution is -2.02. The van der Waals surface area contributed by atoms with Crippen LogP contribution in [0.5, 0.6) is 0 Å². The highest BCUT2D eigenvalue weighted by molar-refractivity contribution is 5.38. The molecule has 1 aliphatic carbocycles. The molecule has 0 unspecified atom stereocenters. The molecule has 0 aromatic heterocycles. The zero-order chi connectivity index (χ0) is 9.97. The molecule has 0 N–H and O–H groups in total. The van der Waals surface area contributed by atoms with Gasteiger partial charge in [0.1, 0.15) is 0 Å². The molecule has 1 aromatic carbocycles. The second kappa shape index (κ2) is 4.16. The molecule has 1 aliphatic rings. The summed E-state index contributed by atoms with van der Waals surface area (Å²) in [5, 5.41) is 0. The van der Waals surface area contributed by atoms with E-state index in [-0.39, 0.29) is 0 Å². The second-order valence-electron chi connectivity index (χ2n) is 4.73. The van der Waals surface area contributed by atoms with Crippen LogP contribution in [0.1, 0.15) is 43.4 Å². The van der Waals surface area contributed by atoms with Crippen LogP contribution in [0.4, 0.5) is 0 Å². The maximum absolute atomic E-state index is 2.39. The average Bonchev–Trinajstić information content (AvgIpc) is 2.17. The van der Waals surface area contributed by atoms with Crippen molar-refractivity contribution in [3.63, 3.8) is 0 Å². The normalized spacial score (nSPS) is 15.6. The molecule has 1 radical (unpaired) electrons. The number of benzene rings is 1. The van der Waals surface area contributed by atoms with Gasteiger partial charge in [-0.15, -0.1) is 0 Å². The molecule has 1 aromatic rings. The Balaban J connectivity index is 2.20. The Hall–Kier alpha value is -0.780.